The van der Waals surface area contributed by atoms with E-state index in [1.165, 1.54) is 5.01 Å². The van der Waals surface area contributed by atoms with Crippen LogP contribution in [0.15, 0.2) is 24.3 Å². The molecule has 2 atom stereocenters. The average Bonchev–Trinajstić information content (AvgIpc) is 3.08. The van der Waals surface area contributed by atoms with Gasteiger partial charge in [0.15, 0.2) is 0 Å². The van der Waals surface area contributed by atoms with E-state index in [1.807, 2.05) is 31.2 Å². The first-order valence-corrected chi connectivity index (χ1v) is 10.2. The third kappa shape index (κ3) is 4.08. The normalized spacial score (nSPS) is 16.1. The van der Waals surface area contributed by atoms with E-state index in [2.05, 4.69) is 0 Å². The third-order valence-corrected chi connectivity index (χ3v) is 5.77. The van der Waals surface area contributed by atoms with Gasteiger partial charge in [-0.2, -0.15) is 0 Å². The number of nitrogens with two attached hydrogens (primary N) is 2. The number of ether oxygens (including phenoxy) is 2. The molecule has 5 N–H and O–H groups in total. The number of aliphatic hydroxyl groups is 1. The molecule has 2 unspecified atom stereocenters. The fourth-order valence-corrected chi connectivity index (χ4v) is 4.47. The van der Waals surface area contributed by atoms with Gasteiger partial charge in [0.05, 0.1) is 31.9 Å². The number of fused-ring (bicyclic) bond motifs is 1. The fraction of sp³-hybridized carbons (Fsp3) is 0.435. The highest BCUT2D eigenvalue weighted by atomic mass is 16.5. The number of hydrazine groups is 1. The minimum absolute atomic E-state index is 0.167. The van der Waals surface area contributed by atoms with E-state index >= 15 is 0 Å². The highest BCUT2D eigenvalue weighted by Crippen LogP contribution is 2.44. The fourth-order valence-electron chi connectivity index (χ4n) is 4.47. The molecule has 3 rings (SSSR count). The van der Waals surface area contributed by atoms with Gasteiger partial charge in [-0.25, -0.2) is 5.84 Å². The molecule has 2 aromatic carbocycles. The Morgan fingerprint density at radius 1 is 1.37 bits per heavy atom. The molecular formula is C23H31N3O4. The predicted molar refractivity (Wildman–Crippen MR) is 118 cm³/mol. The van der Waals surface area contributed by atoms with E-state index in [-0.39, 0.29) is 18.3 Å². The van der Waals surface area contributed by atoms with E-state index in [1.54, 1.807) is 21.1 Å². The Labute approximate surface area is 177 Å². The van der Waals surface area contributed by atoms with Gasteiger partial charge in [-0.15, -0.1) is 0 Å². The molecule has 0 amide bonds. The quantitative estimate of drug-likeness (QED) is 0.277. The van der Waals surface area contributed by atoms with Crippen molar-refractivity contribution in [3.05, 3.63) is 52.1 Å². The molecule has 0 bridgehead atoms. The number of aryl methyl sites for hydroxylation is 1. The zero-order valence-electron chi connectivity index (χ0n) is 18.1. The van der Waals surface area contributed by atoms with Crippen molar-refractivity contribution < 1.29 is 19.4 Å². The largest absolute Gasteiger partial charge is 0.494 e. The molecule has 7 heteroatoms. The lowest BCUT2D eigenvalue weighted by Gasteiger charge is -2.25. The van der Waals surface area contributed by atoms with Crippen LogP contribution in [0.3, 0.4) is 0 Å². The van der Waals surface area contributed by atoms with Crippen LogP contribution in [0.2, 0.25) is 0 Å². The summed E-state index contributed by atoms with van der Waals surface area (Å²) in [6.07, 6.45) is 1.14. The maximum atomic E-state index is 12.5. The maximum Gasteiger partial charge on any atom is 0.306 e. The molecule has 30 heavy (non-hydrogen) atoms. The molecule has 0 aliphatic heterocycles. The van der Waals surface area contributed by atoms with Gasteiger partial charge in [0.25, 0.3) is 0 Å². The van der Waals surface area contributed by atoms with E-state index in [0.29, 0.717) is 30.2 Å². The Morgan fingerprint density at radius 3 is 2.73 bits per heavy atom. The van der Waals surface area contributed by atoms with Crippen molar-refractivity contribution in [3.8, 4) is 5.75 Å². The van der Waals surface area contributed by atoms with Crippen molar-refractivity contribution in [1.82, 2.24) is 0 Å². The van der Waals surface area contributed by atoms with Crippen molar-refractivity contribution in [1.29, 1.82) is 0 Å². The molecule has 0 saturated heterocycles. The summed E-state index contributed by atoms with van der Waals surface area (Å²) in [5.74, 6) is 5.90. The van der Waals surface area contributed by atoms with Crippen molar-refractivity contribution in [2.24, 2.45) is 5.84 Å². The average molecular weight is 414 g/mol. The molecule has 1 aliphatic carbocycles. The maximum absolute atomic E-state index is 12.5. The SMILES string of the molecule is CCOC(=O)CC(c1cc(N)c(N(C)N)c(OC)c1)c1ccc(C)c2c1CCC2O. The lowest BCUT2D eigenvalue weighted by atomic mass is 9.83. The van der Waals surface area contributed by atoms with Gasteiger partial charge in [-0.3, -0.25) is 4.79 Å². The standard InChI is InChI=1S/C23H31N3O4/c1-5-30-21(28)12-17(14-10-18(24)23(26(3)25)20(11-14)29-4)15-7-6-13(2)22-16(15)8-9-19(22)27/h6-7,10-11,17,19,27H,5,8-9,12,24-25H2,1-4H3. The second kappa shape index (κ2) is 8.93. The highest BCUT2D eigenvalue weighted by molar-refractivity contribution is 5.77. The summed E-state index contributed by atoms with van der Waals surface area (Å²) in [6.45, 7) is 4.11. The zero-order chi connectivity index (χ0) is 22.0. The van der Waals surface area contributed by atoms with Gasteiger partial charge in [-0.05, 0) is 66.6 Å². The van der Waals surface area contributed by atoms with Gasteiger partial charge in [0, 0.05) is 13.0 Å². The molecule has 2 aromatic rings. The molecule has 1 aliphatic rings. The second-order valence-corrected chi connectivity index (χ2v) is 7.75. The topological polar surface area (TPSA) is 111 Å². The van der Waals surface area contributed by atoms with Crippen molar-refractivity contribution >= 4 is 17.3 Å². The molecule has 0 aromatic heterocycles. The van der Waals surface area contributed by atoms with E-state index in [9.17, 15) is 9.90 Å². The summed E-state index contributed by atoms with van der Waals surface area (Å²) in [5.41, 5.74) is 12.3. The van der Waals surface area contributed by atoms with Crippen LogP contribution in [-0.4, -0.2) is 31.8 Å². The van der Waals surface area contributed by atoms with Crippen LogP contribution in [0.4, 0.5) is 11.4 Å². The Morgan fingerprint density at radius 2 is 2.10 bits per heavy atom. The van der Waals surface area contributed by atoms with Gasteiger partial charge >= 0.3 is 5.97 Å². The van der Waals surface area contributed by atoms with E-state index < -0.39 is 6.10 Å². The minimum Gasteiger partial charge on any atom is -0.494 e. The number of nitrogens with zero attached hydrogens (tertiary/aromatic N) is 1. The van der Waals surface area contributed by atoms with E-state index in [4.69, 9.17) is 21.1 Å². The van der Waals surface area contributed by atoms with Gasteiger partial charge in [-0.1, -0.05) is 12.1 Å². The van der Waals surface area contributed by atoms with Crippen LogP contribution in [0.5, 0.6) is 5.75 Å². The van der Waals surface area contributed by atoms with Crippen molar-refractivity contribution in [2.45, 2.75) is 45.1 Å². The van der Waals surface area contributed by atoms with Gasteiger partial charge in [0.2, 0.25) is 0 Å². The number of anilines is 2. The number of aliphatic hydroxyl groups excluding tert-OH is 1. The number of benzene rings is 2. The lowest BCUT2D eigenvalue weighted by Crippen LogP contribution is -2.27. The Bertz CT molecular complexity index is 943. The monoisotopic (exact) mass is 413 g/mol. The Hall–Kier alpha value is -2.77. The number of nitrogen functional groups attached to an aromatic ring is 1. The number of carbonyl (C=O) groups is 1. The minimum atomic E-state index is -0.476. The van der Waals surface area contributed by atoms with Crippen LogP contribution < -0.4 is 21.3 Å². The number of esters is 1. The number of carbonyl (C=O) groups excluding carboxylic acids is 1. The third-order valence-electron chi connectivity index (χ3n) is 5.77. The number of methoxy groups -OCH3 is 1. The van der Waals surface area contributed by atoms with Crippen LogP contribution in [-0.2, 0) is 16.0 Å². The summed E-state index contributed by atoms with van der Waals surface area (Å²) in [6, 6.07) is 7.75. The summed E-state index contributed by atoms with van der Waals surface area (Å²) in [4.78, 5) is 12.5. The van der Waals surface area contributed by atoms with Crippen LogP contribution in [0.1, 0.15) is 59.6 Å². The molecule has 7 nitrogen and oxygen atoms in total. The second-order valence-electron chi connectivity index (χ2n) is 7.75. The molecule has 0 radical (unpaired) electrons. The molecule has 0 spiro atoms. The lowest BCUT2D eigenvalue weighted by molar-refractivity contribution is -0.143. The summed E-state index contributed by atoms with van der Waals surface area (Å²) < 4.78 is 10.8. The molecule has 0 saturated carbocycles. The first-order chi connectivity index (χ1) is 14.3. The number of hydrogen-bond acceptors (Lipinski definition) is 7. The molecule has 0 heterocycles. The van der Waals surface area contributed by atoms with Crippen LogP contribution in [0, 0.1) is 6.92 Å². The van der Waals surface area contributed by atoms with Crippen LogP contribution >= 0.6 is 0 Å². The van der Waals surface area contributed by atoms with E-state index in [0.717, 1.165) is 34.2 Å². The molecule has 0 fully saturated rings. The Kier molecular flexibility index (Phi) is 6.53. The van der Waals surface area contributed by atoms with Crippen molar-refractivity contribution in [2.75, 3.05) is 31.5 Å². The van der Waals surface area contributed by atoms with Crippen LogP contribution in [0.25, 0.3) is 0 Å². The van der Waals surface area contributed by atoms with Gasteiger partial charge < -0.3 is 25.3 Å². The van der Waals surface area contributed by atoms with Crippen molar-refractivity contribution in [3.63, 3.8) is 0 Å². The summed E-state index contributed by atoms with van der Waals surface area (Å²) >= 11 is 0. The predicted octanol–water partition coefficient (Wildman–Crippen LogP) is 2.96. The summed E-state index contributed by atoms with van der Waals surface area (Å²) in [5, 5.41) is 11.9. The molecular weight excluding hydrogens is 382 g/mol. The highest BCUT2D eigenvalue weighted by Gasteiger charge is 2.30. The van der Waals surface area contributed by atoms with Gasteiger partial charge in [0.1, 0.15) is 11.4 Å². The number of hydrogen-bond donors (Lipinski definition) is 3. The summed E-state index contributed by atoms with van der Waals surface area (Å²) in [7, 11) is 3.25. The smallest absolute Gasteiger partial charge is 0.306 e. The zero-order valence-corrected chi connectivity index (χ0v) is 18.1. The Balaban J connectivity index is 2.17. The first kappa shape index (κ1) is 21.9. The number of rotatable bonds is 7. The molecule has 162 valence electrons. The first-order valence-electron chi connectivity index (χ1n) is 10.2.